The fourth-order valence-electron chi connectivity index (χ4n) is 3.19. The van der Waals surface area contributed by atoms with Gasteiger partial charge in [0.25, 0.3) is 0 Å². The molecule has 2 aromatic carbocycles. The highest BCUT2D eigenvalue weighted by molar-refractivity contribution is 5.78. The zero-order valence-corrected chi connectivity index (χ0v) is 14.3. The van der Waals surface area contributed by atoms with Gasteiger partial charge in [-0.2, -0.15) is 0 Å². The summed E-state index contributed by atoms with van der Waals surface area (Å²) in [5.41, 5.74) is 0.548. The van der Waals surface area contributed by atoms with Gasteiger partial charge in [-0.15, -0.1) is 0 Å². The zero-order chi connectivity index (χ0) is 18.6. The van der Waals surface area contributed by atoms with Crippen LogP contribution < -0.4 is 0 Å². The van der Waals surface area contributed by atoms with Gasteiger partial charge in [-0.25, -0.2) is 9.18 Å². The molecular formula is C21H21FO4. The first kappa shape index (κ1) is 18.3. The Kier molecular flexibility index (Phi) is 5.49. The Morgan fingerprint density at radius 2 is 1.85 bits per heavy atom. The molecule has 3 rings (SSSR count). The number of benzene rings is 2. The quantitative estimate of drug-likeness (QED) is 0.834. The van der Waals surface area contributed by atoms with E-state index in [-0.39, 0.29) is 12.8 Å². The minimum atomic E-state index is -1.99. The molecular weight excluding hydrogens is 335 g/mol. The van der Waals surface area contributed by atoms with Crippen molar-refractivity contribution >= 4 is 11.5 Å². The van der Waals surface area contributed by atoms with Crippen LogP contribution in [0.15, 0.2) is 54.6 Å². The number of carbonyl (C=O) groups is 1. The predicted octanol–water partition coefficient (Wildman–Crippen LogP) is 3.23. The molecule has 0 radical (unpaired) electrons. The lowest BCUT2D eigenvalue weighted by molar-refractivity contribution is -0.158. The SMILES string of the molecule is O=C(O)[C@](O)(Cc1ccccc1)Cc1ccc(C2=CCOCC2)c(F)c1. The molecule has 2 N–H and O–H groups in total. The van der Waals surface area contributed by atoms with Crippen LogP contribution in [0.4, 0.5) is 4.39 Å². The summed E-state index contributed by atoms with van der Waals surface area (Å²) in [6, 6.07) is 13.5. The highest BCUT2D eigenvalue weighted by Crippen LogP contribution is 2.27. The van der Waals surface area contributed by atoms with Crippen LogP contribution in [0.5, 0.6) is 0 Å². The van der Waals surface area contributed by atoms with Gasteiger partial charge in [0, 0.05) is 18.4 Å². The molecule has 1 heterocycles. The van der Waals surface area contributed by atoms with Gasteiger partial charge in [0.05, 0.1) is 13.2 Å². The molecule has 1 aliphatic heterocycles. The number of hydrogen-bond acceptors (Lipinski definition) is 3. The molecule has 0 bridgehead atoms. The van der Waals surface area contributed by atoms with Crippen LogP contribution in [-0.2, 0) is 22.4 Å². The van der Waals surface area contributed by atoms with Crippen molar-refractivity contribution in [2.24, 2.45) is 0 Å². The van der Waals surface area contributed by atoms with Crippen molar-refractivity contribution in [1.29, 1.82) is 0 Å². The Hall–Kier alpha value is -2.50. The van der Waals surface area contributed by atoms with E-state index in [0.29, 0.717) is 36.3 Å². The maximum absolute atomic E-state index is 14.5. The standard InChI is InChI=1S/C21H21FO4/c22-19-12-16(6-7-18(19)17-8-10-26-11-9-17)14-21(25,20(23)24)13-15-4-2-1-3-5-15/h1-8,12,25H,9-11,13-14H2,(H,23,24)/t21-/m0/s1. The van der Waals surface area contributed by atoms with E-state index < -0.39 is 17.4 Å². The molecule has 0 aliphatic carbocycles. The van der Waals surface area contributed by atoms with E-state index in [1.807, 2.05) is 12.1 Å². The van der Waals surface area contributed by atoms with E-state index in [0.717, 1.165) is 5.57 Å². The second kappa shape index (κ2) is 7.81. The number of aliphatic hydroxyl groups is 1. The second-order valence-corrected chi connectivity index (χ2v) is 6.54. The van der Waals surface area contributed by atoms with Crippen molar-refractivity contribution in [3.05, 3.63) is 77.1 Å². The number of rotatable bonds is 6. The summed E-state index contributed by atoms with van der Waals surface area (Å²) < 4.78 is 19.8. The average Bonchev–Trinajstić information content (AvgIpc) is 2.63. The highest BCUT2D eigenvalue weighted by Gasteiger charge is 2.36. The number of aliphatic carboxylic acids is 1. The van der Waals surface area contributed by atoms with E-state index in [1.54, 1.807) is 36.4 Å². The normalized spacial score (nSPS) is 16.6. The molecule has 0 aromatic heterocycles. The van der Waals surface area contributed by atoms with E-state index in [1.165, 1.54) is 6.07 Å². The van der Waals surface area contributed by atoms with Gasteiger partial charge in [-0.3, -0.25) is 0 Å². The fourth-order valence-corrected chi connectivity index (χ4v) is 3.19. The van der Waals surface area contributed by atoms with Crippen molar-refractivity contribution in [1.82, 2.24) is 0 Å². The third-order valence-electron chi connectivity index (χ3n) is 4.58. The van der Waals surface area contributed by atoms with E-state index in [9.17, 15) is 19.4 Å². The molecule has 1 aliphatic rings. The molecule has 0 amide bonds. The fraction of sp³-hybridized carbons (Fsp3) is 0.286. The van der Waals surface area contributed by atoms with Crippen LogP contribution in [-0.4, -0.2) is 35.0 Å². The van der Waals surface area contributed by atoms with Crippen molar-refractivity contribution in [2.75, 3.05) is 13.2 Å². The lowest BCUT2D eigenvalue weighted by atomic mass is 9.87. The lowest BCUT2D eigenvalue weighted by Crippen LogP contribution is -2.43. The minimum absolute atomic E-state index is 0.0466. The Labute approximate surface area is 151 Å². The van der Waals surface area contributed by atoms with Gasteiger partial charge >= 0.3 is 5.97 Å². The minimum Gasteiger partial charge on any atom is -0.479 e. The van der Waals surface area contributed by atoms with Gasteiger partial charge in [-0.1, -0.05) is 48.5 Å². The molecule has 136 valence electrons. The van der Waals surface area contributed by atoms with Gasteiger partial charge in [-0.05, 0) is 29.2 Å². The van der Waals surface area contributed by atoms with Crippen molar-refractivity contribution < 1.29 is 24.1 Å². The molecule has 0 saturated heterocycles. The maximum Gasteiger partial charge on any atom is 0.336 e. The molecule has 2 aromatic rings. The molecule has 1 atom stereocenters. The Morgan fingerprint density at radius 3 is 2.46 bits per heavy atom. The highest BCUT2D eigenvalue weighted by atomic mass is 19.1. The lowest BCUT2D eigenvalue weighted by Gasteiger charge is -2.24. The summed E-state index contributed by atoms with van der Waals surface area (Å²) in [6.07, 6.45) is 2.28. The van der Waals surface area contributed by atoms with Gasteiger partial charge < -0.3 is 14.9 Å². The molecule has 0 fully saturated rings. The summed E-state index contributed by atoms with van der Waals surface area (Å²) >= 11 is 0. The summed E-state index contributed by atoms with van der Waals surface area (Å²) in [4.78, 5) is 11.7. The predicted molar refractivity (Wildman–Crippen MR) is 96.2 cm³/mol. The number of halogens is 1. The average molecular weight is 356 g/mol. The van der Waals surface area contributed by atoms with Crippen LogP contribution in [0.2, 0.25) is 0 Å². The van der Waals surface area contributed by atoms with Crippen molar-refractivity contribution in [3.8, 4) is 0 Å². The summed E-state index contributed by atoms with van der Waals surface area (Å²) in [5.74, 6) is -1.74. The maximum atomic E-state index is 14.5. The molecule has 5 heteroatoms. The van der Waals surface area contributed by atoms with Crippen LogP contribution in [0.25, 0.3) is 5.57 Å². The van der Waals surface area contributed by atoms with Crippen LogP contribution in [0.1, 0.15) is 23.1 Å². The number of ether oxygens (including phenoxy) is 1. The Bertz CT molecular complexity index is 816. The third-order valence-corrected chi connectivity index (χ3v) is 4.58. The van der Waals surface area contributed by atoms with Crippen LogP contribution in [0, 0.1) is 5.82 Å². The molecule has 0 unspecified atom stereocenters. The largest absolute Gasteiger partial charge is 0.479 e. The third kappa shape index (κ3) is 4.18. The summed E-state index contributed by atoms with van der Waals surface area (Å²) in [5, 5.41) is 20.2. The first-order chi connectivity index (χ1) is 12.5. The van der Waals surface area contributed by atoms with E-state index >= 15 is 0 Å². The first-order valence-corrected chi connectivity index (χ1v) is 8.53. The second-order valence-electron chi connectivity index (χ2n) is 6.54. The number of hydrogen-bond donors (Lipinski definition) is 2. The van der Waals surface area contributed by atoms with Crippen LogP contribution in [0.3, 0.4) is 0 Å². The monoisotopic (exact) mass is 356 g/mol. The molecule has 0 saturated carbocycles. The van der Waals surface area contributed by atoms with Crippen molar-refractivity contribution in [3.63, 3.8) is 0 Å². The van der Waals surface area contributed by atoms with Crippen molar-refractivity contribution in [2.45, 2.75) is 24.9 Å². The Balaban J connectivity index is 1.82. The first-order valence-electron chi connectivity index (χ1n) is 8.53. The summed E-state index contributed by atoms with van der Waals surface area (Å²) in [6.45, 7) is 1.02. The van der Waals surface area contributed by atoms with Gasteiger partial charge in [0.1, 0.15) is 5.82 Å². The zero-order valence-electron chi connectivity index (χ0n) is 14.3. The Morgan fingerprint density at radius 1 is 1.12 bits per heavy atom. The smallest absolute Gasteiger partial charge is 0.336 e. The van der Waals surface area contributed by atoms with Gasteiger partial charge in [0.15, 0.2) is 5.60 Å². The molecule has 26 heavy (non-hydrogen) atoms. The molecule has 0 spiro atoms. The summed E-state index contributed by atoms with van der Waals surface area (Å²) in [7, 11) is 0. The van der Waals surface area contributed by atoms with E-state index in [2.05, 4.69) is 0 Å². The number of carboxylic acid groups (broad SMARTS) is 1. The topological polar surface area (TPSA) is 66.8 Å². The van der Waals surface area contributed by atoms with Crippen LogP contribution >= 0.6 is 0 Å². The van der Waals surface area contributed by atoms with E-state index in [4.69, 9.17) is 4.74 Å². The van der Waals surface area contributed by atoms with Gasteiger partial charge in [0.2, 0.25) is 0 Å². The molecule has 4 nitrogen and oxygen atoms in total. The number of carboxylic acids is 1.